The van der Waals surface area contributed by atoms with Crippen molar-refractivity contribution in [3.8, 4) is 28.0 Å². The second kappa shape index (κ2) is 5.40. The molecule has 3 aromatic carbocycles. The van der Waals surface area contributed by atoms with Crippen LogP contribution in [-0.2, 0) is 0 Å². The lowest BCUT2D eigenvalue weighted by atomic mass is 10.0. The van der Waals surface area contributed by atoms with Crippen molar-refractivity contribution in [2.75, 3.05) is 0 Å². The Kier molecular flexibility index (Phi) is 3.44. The van der Waals surface area contributed by atoms with Gasteiger partial charge >= 0.3 is 0 Å². The van der Waals surface area contributed by atoms with E-state index in [0.717, 1.165) is 27.3 Å². The Bertz CT molecular complexity index is 715. The van der Waals surface area contributed by atoms with Crippen LogP contribution in [0.4, 0.5) is 0 Å². The summed E-state index contributed by atoms with van der Waals surface area (Å²) in [6, 6.07) is 23.2. The van der Waals surface area contributed by atoms with E-state index in [1.165, 1.54) is 0 Å². The van der Waals surface area contributed by atoms with E-state index in [1.54, 1.807) is 12.1 Å². The van der Waals surface area contributed by atoms with Gasteiger partial charge in [0.1, 0.15) is 5.75 Å². The van der Waals surface area contributed by atoms with Gasteiger partial charge in [-0.3, -0.25) is 0 Å². The lowest BCUT2D eigenvalue weighted by molar-refractivity contribution is 0.475. The van der Waals surface area contributed by atoms with Crippen LogP contribution in [0.1, 0.15) is 0 Å². The monoisotopic (exact) mass is 280 g/mol. The first-order valence-electron chi connectivity index (χ1n) is 6.38. The molecule has 1 nitrogen and oxygen atoms in total. The Balaban J connectivity index is 1.96. The van der Waals surface area contributed by atoms with Gasteiger partial charge in [0.25, 0.3) is 0 Å². The number of rotatable bonds is 2. The van der Waals surface area contributed by atoms with Gasteiger partial charge in [0.05, 0.1) is 0 Å². The van der Waals surface area contributed by atoms with Gasteiger partial charge < -0.3 is 5.11 Å². The van der Waals surface area contributed by atoms with Crippen molar-refractivity contribution in [2.45, 2.75) is 0 Å². The highest BCUT2D eigenvalue weighted by atomic mass is 35.5. The van der Waals surface area contributed by atoms with Gasteiger partial charge in [0.15, 0.2) is 0 Å². The summed E-state index contributed by atoms with van der Waals surface area (Å²) >= 11 is 6.21. The number of aromatic hydroxyl groups is 1. The summed E-state index contributed by atoms with van der Waals surface area (Å²) in [5.74, 6) is 0.279. The van der Waals surface area contributed by atoms with Crippen LogP contribution in [0.15, 0.2) is 72.8 Å². The Morgan fingerprint density at radius 3 is 1.70 bits per heavy atom. The molecule has 0 radical (unpaired) electrons. The molecule has 0 unspecified atom stereocenters. The molecule has 0 atom stereocenters. The van der Waals surface area contributed by atoms with Crippen LogP contribution in [0, 0.1) is 0 Å². The van der Waals surface area contributed by atoms with Crippen molar-refractivity contribution < 1.29 is 5.11 Å². The maximum atomic E-state index is 9.31. The highest BCUT2D eigenvalue weighted by molar-refractivity contribution is 6.33. The van der Waals surface area contributed by atoms with Gasteiger partial charge in [0.2, 0.25) is 0 Å². The summed E-state index contributed by atoms with van der Waals surface area (Å²) in [7, 11) is 0. The zero-order valence-corrected chi connectivity index (χ0v) is 11.5. The molecule has 0 saturated heterocycles. The Hall–Kier alpha value is -2.25. The predicted octanol–water partition coefficient (Wildman–Crippen LogP) is 5.38. The molecular weight excluding hydrogens is 268 g/mol. The maximum absolute atomic E-state index is 9.31. The quantitative estimate of drug-likeness (QED) is 0.668. The normalized spacial score (nSPS) is 10.4. The first-order valence-corrected chi connectivity index (χ1v) is 6.76. The Labute approximate surface area is 123 Å². The van der Waals surface area contributed by atoms with Crippen molar-refractivity contribution in [3.63, 3.8) is 0 Å². The first kappa shape index (κ1) is 12.8. The molecule has 0 aromatic heterocycles. The average molecular weight is 281 g/mol. The minimum absolute atomic E-state index is 0.279. The minimum atomic E-state index is 0.279. The van der Waals surface area contributed by atoms with E-state index in [2.05, 4.69) is 24.3 Å². The van der Waals surface area contributed by atoms with Crippen LogP contribution in [0.5, 0.6) is 5.75 Å². The Morgan fingerprint density at radius 1 is 0.600 bits per heavy atom. The fourth-order valence-electron chi connectivity index (χ4n) is 2.19. The molecule has 0 amide bonds. The van der Waals surface area contributed by atoms with Crippen molar-refractivity contribution in [3.05, 3.63) is 77.8 Å². The largest absolute Gasteiger partial charge is 0.508 e. The molecular formula is C18H13ClO. The summed E-state index contributed by atoms with van der Waals surface area (Å²) in [6.07, 6.45) is 0. The van der Waals surface area contributed by atoms with E-state index >= 15 is 0 Å². The third-order valence-electron chi connectivity index (χ3n) is 3.27. The van der Waals surface area contributed by atoms with Gasteiger partial charge in [-0.15, -0.1) is 0 Å². The van der Waals surface area contributed by atoms with Gasteiger partial charge in [0, 0.05) is 10.6 Å². The highest BCUT2D eigenvalue weighted by Gasteiger charge is 2.03. The third kappa shape index (κ3) is 2.54. The highest BCUT2D eigenvalue weighted by Crippen LogP contribution is 2.30. The first-order chi connectivity index (χ1) is 9.74. The second-order valence-corrected chi connectivity index (χ2v) is 5.01. The molecule has 0 heterocycles. The number of phenolic OH excluding ortho intramolecular Hbond substituents is 1. The average Bonchev–Trinajstić information content (AvgIpc) is 2.49. The van der Waals surface area contributed by atoms with Crippen LogP contribution >= 0.6 is 11.6 Å². The molecule has 3 rings (SSSR count). The number of hydrogen-bond donors (Lipinski definition) is 1. The molecule has 0 spiro atoms. The summed E-state index contributed by atoms with van der Waals surface area (Å²) in [5, 5.41) is 10.1. The molecule has 0 aliphatic rings. The fourth-order valence-corrected chi connectivity index (χ4v) is 2.44. The molecule has 20 heavy (non-hydrogen) atoms. The molecule has 0 aliphatic heterocycles. The maximum Gasteiger partial charge on any atom is 0.115 e. The predicted molar refractivity (Wildman–Crippen MR) is 84.0 cm³/mol. The molecule has 2 heteroatoms. The topological polar surface area (TPSA) is 20.2 Å². The number of phenols is 1. The van der Waals surface area contributed by atoms with Crippen molar-refractivity contribution in [1.82, 2.24) is 0 Å². The summed E-state index contributed by atoms with van der Waals surface area (Å²) < 4.78 is 0. The fraction of sp³-hybridized carbons (Fsp3) is 0. The van der Waals surface area contributed by atoms with Crippen LogP contribution < -0.4 is 0 Å². The van der Waals surface area contributed by atoms with E-state index in [9.17, 15) is 5.11 Å². The smallest absolute Gasteiger partial charge is 0.115 e. The number of halogens is 1. The SMILES string of the molecule is Oc1ccc(-c2ccc(-c3ccccc3Cl)cc2)cc1. The van der Waals surface area contributed by atoms with Crippen molar-refractivity contribution in [1.29, 1.82) is 0 Å². The van der Waals surface area contributed by atoms with Crippen LogP contribution in [-0.4, -0.2) is 5.11 Å². The van der Waals surface area contributed by atoms with E-state index in [1.807, 2.05) is 36.4 Å². The van der Waals surface area contributed by atoms with Crippen molar-refractivity contribution >= 4 is 11.6 Å². The molecule has 1 N–H and O–H groups in total. The van der Waals surface area contributed by atoms with E-state index in [-0.39, 0.29) is 5.75 Å². The number of benzene rings is 3. The van der Waals surface area contributed by atoms with Gasteiger partial charge in [-0.25, -0.2) is 0 Å². The third-order valence-corrected chi connectivity index (χ3v) is 3.60. The van der Waals surface area contributed by atoms with Crippen LogP contribution in [0.25, 0.3) is 22.3 Å². The van der Waals surface area contributed by atoms with Gasteiger partial charge in [-0.05, 0) is 34.9 Å². The second-order valence-electron chi connectivity index (χ2n) is 4.60. The number of hydrogen-bond acceptors (Lipinski definition) is 1. The summed E-state index contributed by atoms with van der Waals surface area (Å²) in [5.41, 5.74) is 4.32. The molecule has 0 fully saturated rings. The molecule has 98 valence electrons. The van der Waals surface area contributed by atoms with Gasteiger partial charge in [-0.2, -0.15) is 0 Å². The minimum Gasteiger partial charge on any atom is -0.508 e. The van der Waals surface area contributed by atoms with Crippen LogP contribution in [0.3, 0.4) is 0 Å². The van der Waals surface area contributed by atoms with E-state index < -0.39 is 0 Å². The zero-order valence-electron chi connectivity index (χ0n) is 10.8. The van der Waals surface area contributed by atoms with Gasteiger partial charge in [-0.1, -0.05) is 66.2 Å². The van der Waals surface area contributed by atoms with E-state index in [0.29, 0.717) is 0 Å². The van der Waals surface area contributed by atoms with Crippen molar-refractivity contribution in [2.24, 2.45) is 0 Å². The van der Waals surface area contributed by atoms with E-state index in [4.69, 9.17) is 11.6 Å². The summed E-state index contributed by atoms with van der Waals surface area (Å²) in [6.45, 7) is 0. The zero-order chi connectivity index (χ0) is 13.9. The molecule has 0 saturated carbocycles. The standard InChI is InChI=1S/C18H13ClO/c19-18-4-2-1-3-17(18)15-7-5-13(6-8-15)14-9-11-16(20)12-10-14/h1-12,20H. The lowest BCUT2D eigenvalue weighted by Gasteiger charge is -2.06. The summed E-state index contributed by atoms with van der Waals surface area (Å²) in [4.78, 5) is 0. The molecule has 0 bridgehead atoms. The molecule has 0 aliphatic carbocycles. The molecule has 3 aromatic rings. The lowest BCUT2D eigenvalue weighted by Crippen LogP contribution is -1.81. The van der Waals surface area contributed by atoms with Crippen LogP contribution in [0.2, 0.25) is 5.02 Å². The Morgan fingerprint density at radius 2 is 1.10 bits per heavy atom.